The first-order valence-electron chi connectivity index (χ1n) is 12.2. The zero-order valence-electron chi connectivity index (χ0n) is 20.5. The number of rotatable bonds is 6. The van der Waals surface area contributed by atoms with Gasteiger partial charge in [0.05, 0.1) is 23.2 Å². The summed E-state index contributed by atoms with van der Waals surface area (Å²) in [4.78, 5) is 0. The van der Waals surface area contributed by atoms with E-state index in [2.05, 4.69) is 78.7 Å². The Labute approximate surface area is 210 Å². The third-order valence-electron chi connectivity index (χ3n) is 7.24. The first-order chi connectivity index (χ1) is 16.3. The van der Waals surface area contributed by atoms with Crippen molar-refractivity contribution in [3.8, 4) is 17.5 Å². The molecule has 1 saturated heterocycles. The lowest BCUT2D eigenvalue weighted by atomic mass is 9.91. The highest BCUT2D eigenvalue weighted by atomic mass is 79.9. The second kappa shape index (κ2) is 8.73. The summed E-state index contributed by atoms with van der Waals surface area (Å²) >= 11 is 3.67. The summed E-state index contributed by atoms with van der Waals surface area (Å²) in [6.07, 6.45) is 7.34. The van der Waals surface area contributed by atoms with Crippen LogP contribution in [0.5, 0.6) is 5.75 Å². The maximum atomic E-state index is 10.1. The number of nitrogens with zero attached hydrogens (tertiary/aromatic N) is 4. The molecule has 1 aromatic carbocycles. The van der Waals surface area contributed by atoms with Gasteiger partial charge in [0, 0.05) is 46.3 Å². The van der Waals surface area contributed by atoms with E-state index in [1.807, 2.05) is 4.68 Å². The van der Waals surface area contributed by atoms with Gasteiger partial charge in [-0.25, -0.2) is 4.68 Å². The summed E-state index contributed by atoms with van der Waals surface area (Å²) in [6.45, 7) is 10.1. The van der Waals surface area contributed by atoms with Crippen molar-refractivity contribution in [1.82, 2.24) is 14.3 Å². The lowest BCUT2D eigenvalue weighted by Gasteiger charge is -2.26. The molecule has 0 bridgehead atoms. The minimum atomic E-state index is -0.161. The van der Waals surface area contributed by atoms with E-state index in [9.17, 15) is 5.26 Å². The monoisotopic (exact) mass is 524 g/mol. The van der Waals surface area contributed by atoms with Gasteiger partial charge in [-0.2, -0.15) is 10.4 Å². The highest BCUT2D eigenvalue weighted by Crippen LogP contribution is 2.48. The molecule has 0 radical (unpaired) electrons. The Morgan fingerprint density at radius 3 is 2.74 bits per heavy atom. The van der Waals surface area contributed by atoms with Gasteiger partial charge in [0.15, 0.2) is 11.9 Å². The number of benzene rings is 1. The number of hydrogen-bond acceptors (Lipinski definition) is 4. The van der Waals surface area contributed by atoms with Gasteiger partial charge in [-0.1, -0.05) is 36.7 Å². The van der Waals surface area contributed by atoms with Crippen LogP contribution in [0.25, 0.3) is 16.6 Å². The fourth-order valence-electron chi connectivity index (χ4n) is 4.93. The third kappa shape index (κ3) is 4.05. The Balaban J connectivity index is 1.74. The van der Waals surface area contributed by atoms with E-state index in [0.29, 0.717) is 12.3 Å². The molecular formula is C27H33BrN4O2. The average Bonchev–Trinajstić information content (AvgIpc) is 3.26. The first kappa shape index (κ1) is 23.4. The molecule has 2 aliphatic rings. The first-order valence-corrected chi connectivity index (χ1v) is 13.3. The Morgan fingerprint density at radius 2 is 2.12 bits per heavy atom. The molecule has 1 aliphatic carbocycles. The van der Waals surface area contributed by atoms with Gasteiger partial charge in [-0.05, 0) is 51.2 Å². The molecule has 1 saturated carbocycles. The molecule has 3 heterocycles. The van der Waals surface area contributed by atoms with E-state index in [0.717, 1.165) is 59.1 Å². The van der Waals surface area contributed by atoms with Gasteiger partial charge in [0.2, 0.25) is 0 Å². The van der Waals surface area contributed by atoms with Crippen molar-refractivity contribution < 1.29 is 9.47 Å². The normalized spacial score (nSPS) is 19.8. The third-order valence-corrected chi connectivity index (χ3v) is 8.43. The maximum absolute atomic E-state index is 10.1. The summed E-state index contributed by atoms with van der Waals surface area (Å²) in [7, 11) is 0. The van der Waals surface area contributed by atoms with Crippen molar-refractivity contribution in [3.05, 3.63) is 41.3 Å². The van der Waals surface area contributed by atoms with Gasteiger partial charge >= 0.3 is 0 Å². The molecule has 0 spiro atoms. The molecule has 5 rings (SSSR count). The minimum Gasteiger partial charge on any atom is -0.493 e. The highest BCUT2D eigenvalue weighted by Gasteiger charge is 2.42. The predicted octanol–water partition coefficient (Wildman–Crippen LogP) is 6.56. The van der Waals surface area contributed by atoms with Crippen molar-refractivity contribution in [2.24, 2.45) is 5.41 Å². The minimum absolute atomic E-state index is 0.0670. The summed E-state index contributed by atoms with van der Waals surface area (Å²) in [5.41, 5.74) is 4.68. The van der Waals surface area contributed by atoms with Gasteiger partial charge < -0.3 is 14.0 Å². The lowest BCUT2D eigenvalue weighted by molar-refractivity contribution is -0.0367. The average molecular weight is 525 g/mol. The molecule has 0 N–H and O–H groups in total. The van der Waals surface area contributed by atoms with Crippen LogP contribution in [0.15, 0.2) is 24.4 Å². The summed E-state index contributed by atoms with van der Waals surface area (Å²) in [6, 6.07) is 8.67. The summed E-state index contributed by atoms with van der Waals surface area (Å²) in [5.74, 6) is 0.852. The molecule has 3 aromatic rings. The number of halogens is 1. The van der Waals surface area contributed by atoms with Crippen LogP contribution >= 0.6 is 15.9 Å². The zero-order chi connectivity index (χ0) is 24.1. The number of ether oxygens (including phenoxy) is 2. The second-order valence-electron chi connectivity index (χ2n) is 10.9. The van der Waals surface area contributed by atoms with Crippen molar-refractivity contribution in [2.75, 3.05) is 18.5 Å². The SMILES string of the molecule is Cc1c(OCC2(CBr)CC2)cc2c(c(C#N)nn2C2CCCCO2)c1-n1cccc1C(C)(C)C. The molecule has 7 heteroatoms. The Morgan fingerprint density at radius 1 is 1.32 bits per heavy atom. The molecule has 1 atom stereocenters. The van der Waals surface area contributed by atoms with Crippen LogP contribution in [0.3, 0.4) is 0 Å². The largest absolute Gasteiger partial charge is 0.493 e. The molecule has 2 fully saturated rings. The van der Waals surface area contributed by atoms with Crippen molar-refractivity contribution in [1.29, 1.82) is 5.26 Å². The van der Waals surface area contributed by atoms with E-state index in [1.54, 1.807) is 0 Å². The van der Waals surface area contributed by atoms with Gasteiger partial charge in [0.1, 0.15) is 11.8 Å². The summed E-state index contributed by atoms with van der Waals surface area (Å²) < 4.78 is 16.7. The van der Waals surface area contributed by atoms with Crippen LogP contribution in [-0.2, 0) is 10.2 Å². The number of alkyl halides is 1. The van der Waals surface area contributed by atoms with Crippen LogP contribution < -0.4 is 4.74 Å². The predicted molar refractivity (Wildman–Crippen MR) is 137 cm³/mol. The van der Waals surface area contributed by atoms with E-state index < -0.39 is 0 Å². The molecule has 180 valence electrons. The van der Waals surface area contributed by atoms with E-state index >= 15 is 0 Å². The van der Waals surface area contributed by atoms with Gasteiger partial charge in [0.25, 0.3) is 0 Å². The number of aromatic nitrogens is 3. The Bertz CT molecular complexity index is 1250. The smallest absolute Gasteiger partial charge is 0.172 e. The van der Waals surface area contributed by atoms with E-state index in [1.165, 1.54) is 18.5 Å². The number of nitriles is 1. The van der Waals surface area contributed by atoms with E-state index in [4.69, 9.17) is 14.6 Å². The summed E-state index contributed by atoms with van der Waals surface area (Å²) in [5, 5.41) is 16.7. The highest BCUT2D eigenvalue weighted by molar-refractivity contribution is 9.09. The van der Waals surface area contributed by atoms with Crippen LogP contribution in [-0.4, -0.2) is 32.9 Å². The number of fused-ring (bicyclic) bond motifs is 1. The van der Waals surface area contributed by atoms with Crippen molar-refractivity contribution in [2.45, 2.75) is 71.4 Å². The fourth-order valence-corrected chi connectivity index (χ4v) is 5.66. The van der Waals surface area contributed by atoms with Crippen LogP contribution in [0, 0.1) is 23.7 Å². The van der Waals surface area contributed by atoms with Crippen LogP contribution in [0.1, 0.15) is 76.1 Å². The second-order valence-corrected chi connectivity index (χ2v) is 11.5. The Hall–Kier alpha value is -2.30. The molecule has 0 amide bonds. The van der Waals surface area contributed by atoms with Gasteiger partial charge in [-0.15, -0.1) is 0 Å². The lowest BCUT2D eigenvalue weighted by Crippen LogP contribution is -2.20. The molecule has 1 unspecified atom stereocenters. The van der Waals surface area contributed by atoms with Gasteiger partial charge in [-0.3, -0.25) is 0 Å². The van der Waals surface area contributed by atoms with Crippen molar-refractivity contribution in [3.63, 3.8) is 0 Å². The van der Waals surface area contributed by atoms with Crippen LogP contribution in [0.2, 0.25) is 0 Å². The fraction of sp³-hybridized carbons (Fsp3) is 0.556. The molecule has 34 heavy (non-hydrogen) atoms. The molecule has 2 aromatic heterocycles. The zero-order valence-corrected chi connectivity index (χ0v) is 22.1. The molecular weight excluding hydrogens is 492 g/mol. The topological polar surface area (TPSA) is 65.0 Å². The van der Waals surface area contributed by atoms with E-state index in [-0.39, 0.29) is 17.1 Å². The van der Waals surface area contributed by atoms with Crippen molar-refractivity contribution >= 4 is 26.8 Å². The quantitative estimate of drug-likeness (QED) is 0.342. The standard InChI is InChI=1S/C27H33BrN4O2/c1-18-21(34-17-27(16-28)10-11-27)14-20-24(25(18)31-12-7-8-22(31)26(2,3)4)19(15-29)30-32(20)23-9-5-6-13-33-23/h7-8,12,14,23H,5-6,9-11,13,16-17H2,1-4H3. The molecule has 1 aliphatic heterocycles. The molecule has 6 nitrogen and oxygen atoms in total. The number of hydrogen-bond donors (Lipinski definition) is 0. The van der Waals surface area contributed by atoms with Crippen LogP contribution in [0.4, 0.5) is 0 Å². The Kier molecular flexibility index (Phi) is 6.02. The maximum Gasteiger partial charge on any atom is 0.172 e.